The lowest BCUT2D eigenvalue weighted by atomic mass is 10.3. The summed E-state index contributed by atoms with van der Waals surface area (Å²) in [6, 6.07) is 5.31. The number of fused-ring (bicyclic) bond motifs is 1. The molecule has 0 unspecified atom stereocenters. The maximum absolute atomic E-state index is 11.0. The number of hydrogen-bond acceptors (Lipinski definition) is 4. The molecular weight excluding hydrogens is 188 g/mol. The van der Waals surface area contributed by atoms with Gasteiger partial charge in [-0.2, -0.15) is 0 Å². The largest absolute Gasteiger partial charge is 0.324 e. The van der Waals surface area contributed by atoms with Crippen molar-refractivity contribution in [3.63, 3.8) is 0 Å². The van der Waals surface area contributed by atoms with Crippen molar-refractivity contribution in [3.8, 4) is 0 Å². The Morgan fingerprint density at radius 2 is 2.46 bits per heavy atom. The average molecular weight is 198 g/mol. The van der Waals surface area contributed by atoms with Gasteiger partial charge in [-0.3, -0.25) is 15.5 Å². The smallest absolute Gasteiger partial charge is 0.234 e. The fraction of sp³-hybridized carbons (Fsp3) is 0.125. The van der Waals surface area contributed by atoms with Crippen molar-refractivity contribution >= 4 is 29.0 Å². The van der Waals surface area contributed by atoms with Crippen LogP contribution in [-0.2, 0) is 4.79 Å². The molecule has 13 heavy (non-hydrogen) atoms. The number of benzene rings is 1. The lowest BCUT2D eigenvalue weighted by Crippen LogP contribution is -2.18. The third kappa shape index (κ3) is 1.61. The van der Waals surface area contributed by atoms with Gasteiger partial charge in [-0.1, -0.05) is 0 Å². The van der Waals surface area contributed by atoms with Gasteiger partial charge in [0.25, 0.3) is 0 Å². The van der Waals surface area contributed by atoms with E-state index in [4.69, 9.17) is 5.21 Å². The van der Waals surface area contributed by atoms with Crippen molar-refractivity contribution in [2.75, 3.05) is 16.5 Å². The van der Waals surface area contributed by atoms with Crippen LogP contribution in [0.3, 0.4) is 0 Å². The molecule has 0 aliphatic carbocycles. The first-order chi connectivity index (χ1) is 6.29. The van der Waals surface area contributed by atoms with Gasteiger partial charge in [-0.05, 0) is 18.2 Å². The van der Waals surface area contributed by atoms with Gasteiger partial charge in [0.2, 0.25) is 5.91 Å². The lowest BCUT2D eigenvalue weighted by Gasteiger charge is -2.16. The summed E-state index contributed by atoms with van der Waals surface area (Å²) < 4.78 is 0. The first-order valence-electron chi connectivity index (χ1n) is 3.76. The number of anilines is 2. The van der Waals surface area contributed by atoms with E-state index in [0.717, 1.165) is 10.6 Å². The molecule has 70 valence electrons. The van der Waals surface area contributed by atoms with Crippen LogP contribution in [0.1, 0.15) is 1.43 Å². The Balaban J connectivity index is 0.000000980. The van der Waals surface area contributed by atoms with Crippen molar-refractivity contribution in [1.82, 2.24) is 0 Å². The van der Waals surface area contributed by atoms with Crippen LogP contribution >= 0.6 is 11.8 Å². The Kier molecular flexibility index (Phi) is 2.12. The lowest BCUT2D eigenvalue weighted by molar-refractivity contribution is -0.113. The molecule has 0 radical (unpaired) electrons. The summed E-state index contributed by atoms with van der Waals surface area (Å²) >= 11 is 1.49. The molecule has 0 bridgehead atoms. The SMILES string of the molecule is O=C1CSc2ccc(NO)cc2N1.[HH]. The molecule has 0 aromatic heterocycles. The van der Waals surface area contributed by atoms with E-state index in [2.05, 4.69) is 5.32 Å². The van der Waals surface area contributed by atoms with Crippen molar-refractivity contribution in [2.45, 2.75) is 4.90 Å². The first-order valence-corrected chi connectivity index (χ1v) is 4.75. The van der Waals surface area contributed by atoms with Crippen molar-refractivity contribution in [1.29, 1.82) is 0 Å². The maximum atomic E-state index is 11.0. The molecule has 0 atom stereocenters. The summed E-state index contributed by atoms with van der Waals surface area (Å²) in [5, 5.41) is 11.4. The number of hydrogen-bond donors (Lipinski definition) is 3. The Morgan fingerprint density at radius 1 is 1.62 bits per heavy atom. The number of rotatable bonds is 1. The normalized spacial score (nSPS) is 14.7. The second-order valence-electron chi connectivity index (χ2n) is 2.66. The Hall–Kier alpha value is -1.20. The number of nitrogens with one attached hydrogen (secondary N) is 2. The summed E-state index contributed by atoms with van der Waals surface area (Å²) in [7, 11) is 0. The summed E-state index contributed by atoms with van der Waals surface area (Å²) in [6.07, 6.45) is 0. The van der Waals surface area contributed by atoms with Gasteiger partial charge in [-0.15, -0.1) is 11.8 Å². The van der Waals surface area contributed by atoms with Crippen LogP contribution in [0, 0.1) is 0 Å². The van der Waals surface area contributed by atoms with Crippen LogP contribution in [-0.4, -0.2) is 16.9 Å². The molecule has 1 heterocycles. The summed E-state index contributed by atoms with van der Waals surface area (Å²) in [4.78, 5) is 12.0. The Morgan fingerprint density at radius 3 is 3.23 bits per heavy atom. The van der Waals surface area contributed by atoms with Crippen LogP contribution in [0.25, 0.3) is 0 Å². The summed E-state index contributed by atoms with van der Waals surface area (Å²) in [5.74, 6) is 0.450. The van der Waals surface area contributed by atoms with E-state index < -0.39 is 0 Å². The molecule has 0 saturated carbocycles. The minimum atomic E-state index is -0.00686. The van der Waals surface area contributed by atoms with E-state index in [-0.39, 0.29) is 7.33 Å². The minimum absolute atomic E-state index is 0. The highest BCUT2D eigenvalue weighted by Gasteiger charge is 2.14. The third-order valence-electron chi connectivity index (χ3n) is 1.74. The third-order valence-corrected chi connectivity index (χ3v) is 2.82. The number of carbonyl (C=O) groups excluding carboxylic acids is 1. The van der Waals surface area contributed by atoms with E-state index in [1.165, 1.54) is 11.8 Å². The fourth-order valence-electron chi connectivity index (χ4n) is 1.15. The molecule has 1 aromatic carbocycles. The molecule has 1 amide bonds. The zero-order chi connectivity index (χ0) is 9.26. The maximum Gasteiger partial charge on any atom is 0.234 e. The van der Waals surface area contributed by atoms with Gasteiger partial charge in [-0.25, -0.2) is 0 Å². The molecule has 0 saturated heterocycles. The van der Waals surface area contributed by atoms with Gasteiger partial charge < -0.3 is 5.32 Å². The molecule has 1 aromatic rings. The monoisotopic (exact) mass is 198 g/mol. The van der Waals surface area contributed by atoms with Crippen LogP contribution in [0.5, 0.6) is 0 Å². The van der Waals surface area contributed by atoms with Gasteiger partial charge >= 0.3 is 0 Å². The van der Waals surface area contributed by atoms with E-state index in [9.17, 15) is 4.79 Å². The highest BCUT2D eigenvalue weighted by molar-refractivity contribution is 8.00. The van der Waals surface area contributed by atoms with E-state index in [1.54, 1.807) is 12.1 Å². The molecule has 4 nitrogen and oxygen atoms in total. The Labute approximate surface area is 80.8 Å². The number of thioether (sulfide) groups is 1. The topological polar surface area (TPSA) is 61.4 Å². The zero-order valence-electron chi connectivity index (χ0n) is 6.70. The van der Waals surface area contributed by atoms with Crippen LogP contribution in [0.2, 0.25) is 0 Å². The minimum Gasteiger partial charge on any atom is -0.324 e. The molecule has 2 rings (SSSR count). The van der Waals surface area contributed by atoms with Crippen molar-refractivity contribution in [3.05, 3.63) is 18.2 Å². The molecule has 0 spiro atoms. The highest BCUT2D eigenvalue weighted by atomic mass is 32.2. The molecular formula is C8H10N2O2S. The Bertz CT molecular complexity index is 359. The van der Waals surface area contributed by atoms with Gasteiger partial charge in [0.05, 0.1) is 17.1 Å². The van der Waals surface area contributed by atoms with E-state index >= 15 is 0 Å². The molecule has 1 aliphatic rings. The predicted octanol–water partition coefficient (Wildman–Crippen LogP) is 1.78. The van der Waals surface area contributed by atoms with Crippen molar-refractivity contribution in [2.24, 2.45) is 0 Å². The molecule has 1 aliphatic heterocycles. The first kappa shape index (κ1) is 8.40. The van der Waals surface area contributed by atoms with E-state index in [0.29, 0.717) is 11.4 Å². The summed E-state index contributed by atoms with van der Waals surface area (Å²) in [6.45, 7) is 0. The predicted molar refractivity (Wildman–Crippen MR) is 53.3 cm³/mol. The fourth-order valence-corrected chi connectivity index (χ4v) is 1.94. The average Bonchev–Trinajstić information content (AvgIpc) is 2.16. The van der Waals surface area contributed by atoms with E-state index in [1.807, 2.05) is 11.5 Å². The van der Waals surface area contributed by atoms with Gasteiger partial charge in [0, 0.05) is 6.32 Å². The molecule has 3 N–H and O–H groups in total. The van der Waals surface area contributed by atoms with Crippen molar-refractivity contribution < 1.29 is 11.4 Å². The molecule has 0 fully saturated rings. The molecule has 5 heteroatoms. The van der Waals surface area contributed by atoms with Crippen LogP contribution in [0.15, 0.2) is 23.1 Å². The highest BCUT2D eigenvalue weighted by Crippen LogP contribution is 2.32. The second kappa shape index (κ2) is 3.27. The quantitative estimate of drug-likeness (QED) is 0.602. The summed E-state index contributed by atoms with van der Waals surface area (Å²) in [5.41, 5.74) is 3.35. The zero-order valence-corrected chi connectivity index (χ0v) is 7.52. The van der Waals surface area contributed by atoms with Crippen LogP contribution < -0.4 is 10.8 Å². The standard InChI is InChI=1S/C8H8N2O2S.H2/c11-8-4-13-7-2-1-5(10-12)3-6(7)9-8;/h1-3,10,12H,4H2,(H,9,11);1H. The number of carbonyl (C=O) groups is 1. The van der Waals surface area contributed by atoms with Gasteiger partial charge in [0.15, 0.2) is 0 Å². The second-order valence-corrected chi connectivity index (χ2v) is 3.68. The number of amides is 1. The van der Waals surface area contributed by atoms with Gasteiger partial charge in [0.1, 0.15) is 0 Å². The van der Waals surface area contributed by atoms with Crippen LogP contribution in [0.4, 0.5) is 11.4 Å².